The molecule has 0 aliphatic carbocycles. The van der Waals surface area contributed by atoms with Gasteiger partial charge in [0.25, 0.3) is 0 Å². The van der Waals surface area contributed by atoms with Gasteiger partial charge in [0.15, 0.2) is 0 Å². The van der Waals surface area contributed by atoms with Gasteiger partial charge in [0.1, 0.15) is 0 Å². The van der Waals surface area contributed by atoms with E-state index in [4.69, 9.17) is 4.43 Å². The lowest BCUT2D eigenvalue weighted by molar-refractivity contribution is 0.216. The molecule has 0 bridgehead atoms. The molecule has 1 radical (unpaired) electrons. The van der Waals surface area contributed by atoms with Crippen LogP contribution in [0.3, 0.4) is 0 Å². The summed E-state index contributed by atoms with van der Waals surface area (Å²) < 4.78 is 5.80. The Morgan fingerprint density at radius 2 is 1.70 bits per heavy atom. The summed E-state index contributed by atoms with van der Waals surface area (Å²) in [5, 5.41) is 0. The lowest BCUT2D eigenvalue weighted by Gasteiger charge is -2.16. The van der Waals surface area contributed by atoms with Crippen molar-refractivity contribution < 1.29 is 4.43 Å². The summed E-state index contributed by atoms with van der Waals surface area (Å²) >= 11 is 0. The molecule has 0 aliphatic rings. The van der Waals surface area contributed by atoms with Gasteiger partial charge in [-0.3, -0.25) is 0 Å². The minimum absolute atomic E-state index is 0.435. The van der Waals surface area contributed by atoms with Gasteiger partial charge >= 0.3 is 0 Å². The minimum Gasteiger partial charge on any atom is -0.414 e. The van der Waals surface area contributed by atoms with Crippen LogP contribution in [0.25, 0.3) is 0 Å². The molecule has 1 unspecified atom stereocenters. The van der Waals surface area contributed by atoms with Gasteiger partial charge in [0.05, 0.1) is 0 Å². The number of hydrogen-bond acceptors (Lipinski definition) is 1. The van der Waals surface area contributed by atoms with E-state index in [1.54, 1.807) is 0 Å². The van der Waals surface area contributed by atoms with Crippen molar-refractivity contribution in [2.45, 2.75) is 52.3 Å². The molecule has 2 heteroatoms. The molecule has 61 valence electrons. The highest BCUT2D eigenvalue weighted by atomic mass is 28.3. The molecule has 10 heavy (non-hydrogen) atoms. The van der Waals surface area contributed by atoms with E-state index in [1.165, 1.54) is 12.1 Å². The summed E-state index contributed by atoms with van der Waals surface area (Å²) in [5.74, 6) is 0. The smallest absolute Gasteiger partial charge is 0.211 e. The molecule has 0 N–H and O–H groups in total. The SMILES string of the molecule is CCC(C)O[Si](CC)CC. The Hall–Kier alpha value is 0.177. The zero-order valence-corrected chi connectivity index (χ0v) is 8.61. The summed E-state index contributed by atoms with van der Waals surface area (Å²) in [7, 11) is -0.435. The van der Waals surface area contributed by atoms with Crippen molar-refractivity contribution in [2.24, 2.45) is 0 Å². The fourth-order valence-electron chi connectivity index (χ4n) is 0.785. The van der Waals surface area contributed by atoms with Crippen LogP contribution in [-0.4, -0.2) is 15.1 Å². The maximum Gasteiger partial charge on any atom is 0.211 e. The van der Waals surface area contributed by atoms with Crippen molar-refractivity contribution in [3.63, 3.8) is 0 Å². The van der Waals surface area contributed by atoms with Crippen LogP contribution in [0.2, 0.25) is 12.1 Å². The third-order valence-corrected chi connectivity index (χ3v) is 4.04. The maximum absolute atomic E-state index is 5.80. The average molecular weight is 159 g/mol. The fraction of sp³-hybridized carbons (Fsp3) is 1.00. The van der Waals surface area contributed by atoms with E-state index < -0.39 is 9.04 Å². The second-order valence-electron chi connectivity index (χ2n) is 2.58. The van der Waals surface area contributed by atoms with Crippen molar-refractivity contribution in [3.8, 4) is 0 Å². The van der Waals surface area contributed by atoms with E-state index in [0.717, 1.165) is 6.42 Å². The quantitative estimate of drug-likeness (QED) is 0.560. The molecule has 1 nitrogen and oxygen atoms in total. The molecule has 0 aromatic carbocycles. The van der Waals surface area contributed by atoms with E-state index >= 15 is 0 Å². The van der Waals surface area contributed by atoms with Crippen LogP contribution in [-0.2, 0) is 4.43 Å². The van der Waals surface area contributed by atoms with Gasteiger partial charge < -0.3 is 4.43 Å². The number of rotatable bonds is 5. The Balaban J connectivity index is 3.41. The minimum atomic E-state index is -0.435. The molecule has 0 saturated heterocycles. The Bertz CT molecular complexity index is 71.7. The Kier molecular flexibility index (Phi) is 6.03. The zero-order valence-electron chi connectivity index (χ0n) is 7.61. The van der Waals surface area contributed by atoms with Crippen LogP contribution in [0.1, 0.15) is 34.1 Å². The van der Waals surface area contributed by atoms with Gasteiger partial charge in [-0.05, 0) is 25.4 Å². The van der Waals surface area contributed by atoms with Crippen LogP contribution < -0.4 is 0 Å². The van der Waals surface area contributed by atoms with Crippen molar-refractivity contribution in [1.82, 2.24) is 0 Å². The first-order chi connectivity index (χ1) is 4.74. The first kappa shape index (κ1) is 10.2. The number of hydrogen-bond donors (Lipinski definition) is 0. The largest absolute Gasteiger partial charge is 0.414 e. The molecule has 0 rings (SSSR count). The monoisotopic (exact) mass is 159 g/mol. The highest BCUT2D eigenvalue weighted by molar-refractivity contribution is 6.51. The first-order valence-electron chi connectivity index (χ1n) is 4.25. The topological polar surface area (TPSA) is 9.23 Å². The predicted octanol–water partition coefficient (Wildman–Crippen LogP) is 2.83. The molecule has 1 atom stereocenters. The average Bonchev–Trinajstić information content (AvgIpc) is 1.99. The molecule has 0 fully saturated rings. The Labute approximate surface area is 66.5 Å². The zero-order chi connectivity index (χ0) is 7.98. The molecule has 0 spiro atoms. The predicted molar refractivity (Wildman–Crippen MR) is 47.6 cm³/mol. The molecule has 0 amide bonds. The standard InChI is InChI=1S/C8H19OSi/c1-5-8(4)9-10(6-2)7-3/h8H,5-7H2,1-4H3. The molecule has 0 heterocycles. The van der Waals surface area contributed by atoms with Crippen LogP contribution in [0.5, 0.6) is 0 Å². The van der Waals surface area contributed by atoms with Crippen molar-refractivity contribution in [1.29, 1.82) is 0 Å². The lowest BCUT2D eigenvalue weighted by atomic mass is 10.3. The van der Waals surface area contributed by atoms with Crippen LogP contribution in [0.4, 0.5) is 0 Å². The first-order valence-corrected chi connectivity index (χ1v) is 6.08. The van der Waals surface area contributed by atoms with Gasteiger partial charge in [-0.1, -0.05) is 20.8 Å². The molecular weight excluding hydrogens is 140 g/mol. The maximum atomic E-state index is 5.80. The normalized spacial score (nSPS) is 14.1. The molecule has 0 aliphatic heterocycles. The van der Waals surface area contributed by atoms with Gasteiger partial charge in [-0.25, -0.2) is 0 Å². The molecular formula is C8H19OSi. The lowest BCUT2D eigenvalue weighted by Crippen LogP contribution is -2.21. The fourth-order valence-corrected chi connectivity index (χ4v) is 2.35. The summed E-state index contributed by atoms with van der Waals surface area (Å²) in [5.41, 5.74) is 0. The Morgan fingerprint density at radius 1 is 1.20 bits per heavy atom. The van der Waals surface area contributed by atoms with Crippen LogP contribution >= 0.6 is 0 Å². The summed E-state index contributed by atoms with van der Waals surface area (Å²) in [4.78, 5) is 0. The third kappa shape index (κ3) is 4.07. The second kappa shape index (κ2) is 5.92. The van der Waals surface area contributed by atoms with Gasteiger partial charge in [-0.2, -0.15) is 0 Å². The van der Waals surface area contributed by atoms with E-state index in [-0.39, 0.29) is 0 Å². The van der Waals surface area contributed by atoms with Gasteiger partial charge in [-0.15, -0.1) is 0 Å². The van der Waals surface area contributed by atoms with E-state index in [2.05, 4.69) is 27.7 Å². The van der Waals surface area contributed by atoms with Gasteiger partial charge in [0.2, 0.25) is 9.04 Å². The van der Waals surface area contributed by atoms with Crippen LogP contribution in [0.15, 0.2) is 0 Å². The van der Waals surface area contributed by atoms with Crippen molar-refractivity contribution >= 4 is 9.04 Å². The van der Waals surface area contributed by atoms with E-state index in [0.29, 0.717) is 6.10 Å². The molecule has 0 saturated carbocycles. The van der Waals surface area contributed by atoms with Crippen LogP contribution in [0, 0.1) is 0 Å². The highest BCUT2D eigenvalue weighted by Crippen LogP contribution is 2.05. The van der Waals surface area contributed by atoms with Gasteiger partial charge in [0, 0.05) is 6.10 Å². The van der Waals surface area contributed by atoms with Crippen molar-refractivity contribution in [3.05, 3.63) is 0 Å². The summed E-state index contributed by atoms with van der Waals surface area (Å²) in [6, 6.07) is 2.48. The van der Waals surface area contributed by atoms with E-state index in [1.807, 2.05) is 0 Å². The van der Waals surface area contributed by atoms with Crippen molar-refractivity contribution in [2.75, 3.05) is 0 Å². The highest BCUT2D eigenvalue weighted by Gasteiger charge is 2.10. The second-order valence-corrected chi connectivity index (χ2v) is 5.31. The van der Waals surface area contributed by atoms with E-state index in [9.17, 15) is 0 Å². The Morgan fingerprint density at radius 3 is 2.00 bits per heavy atom. The summed E-state index contributed by atoms with van der Waals surface area (Å²) in [6.07, 6.45) is 1.63. The third-order valence-electron chi connectivity index (χ3n) is 1.73. The molecule has 0 aromatic rings. The summed E-state index contributed by atoms with van der Waals surface area (Å²) in [6.45, 7) is 8.78. The molecule has 0 aromatic heterocycles.